The molecule has 0 amide bonds. The minimum Gasteiger partial charge on any atom is -0.508 e. The monoisotopic (exact) mass is 216 g/mol. The predicted molar refractivity (Wildman–Crippen MR) is 66.4 cm³/mol. The third-order valence-corrected chi connectivity index (χ3v) is 2.64. The molecule has 0 saturated heterocycles. The maximum Gasteiger partial charge on any atom is 0.120 e. The summed E-state index contributed by atoms with van der Waals surface area (Å²) in [5.41, 5.74) is 6.35. The molecule has 0 bridgehead atoms. The normalized spacial score (nSPS) is 10.8. The van der Waals surface area contributed by atoms with E-state index in [1.54, 1.807) is 6.07 Å². The van der Waals surface area contributed by atoms with Gasteiger partial charge >= 0.3 is 0 Å². The molecule has 16 heavy (non-hydrogen) atoms. The highest BCUT2D eigenvalue weighted by Gasteiger charge is 2.05. The topological polar surface area (TPSA) is 58.3 Å². The number of hydrogen-bond acceptors (Lipinski definition) is 3. The van der Waals surface area contributed by atoms with Gasteiger partial charge in [-0.3, -0.25) is 0 Å². The van der Waals surface area contributed by atoms with Crippen molar-refractivity contribution in [1.82, 2.24) is 5.32 Å². The van der Waals surface area contributed by atoms with E-state index in [9.17, 15) is 5.11 Å². The van der Waals surface area contributed by atoms with Crippen molar-refractivity contribution in [2.75, 3.05) is 13.1 Å². The molecule has 0 radical (unpaired) electrons. The van der Waals surface area contributed by atoms with Gasteiger partial charge in [0, 0.05) is 25.2 Å². The first kappa shape index (κ1) is 10.9. The van der Waals surface area contributed by atoms with Crippen molar-refractivity contribution in [2.24, 2.45) is 5.73 Å². The van der Waals surface area contributed by atoms with Crippen LogP contribution in [-0.2, 0) is 6.54 Å². The summed E-state index contributed by atoms with van der Waals surface area (Å²) in [6.45, 7) is 2.00. The quantitative estimate of drug-likeness (QED) is 0.680. The van der Waals surface area contributed by atoms with Crippen LogP contribution in [-0.4, -0.2) is 18.2 Å². The summed E-state index contributed by atoms with van der Waals surface area (Å²) in [6, 6.07) is 11.7. The van der Waals surface area contributed by atoms with Gasteiger partial charge in [0.05, 0.1) is 0 Å². The predicted octanol–water partition coefficient (Wildman–Crippen LogP) is 1.59. The molecule has 0 aliphatic rings. The van der Waals surface area contributed by atoms with Crippen molar-refractivity contribution in [3.05, 3.63) is 42.0 Å². The lowest BCUT2D eigenvalue weighted by molar-refractivity contribution is 0.466. The van der Waals surface area contributed by atoms with Gasteiger partial charge < -0.3 is 16.2 Å². The van der Waals surface area contributed by atoms with Crippen molar-refractivity contribution in [3.63, 3.8) is 0 Å². The zero-order valence-corrected chi connectivity index (χ0v) is 9.11. The molecule has 0 atom stereocenters. The van der Waals surface area contributed by atoms with E-state index in [-0.39, 0.29) is 0 Å². The average Bonchev–Trinajstić information content (AvgIpc) is 2.32. The largest absolute Gasteiger partial charge is 0.508 e. The number of rotatable bonds is 4. The van der Waals surface area contributed by atoms with Crippen LogP contribution in [0.4, 0.5) is 0 Å². The van der Waals surface area contributed by atoms with E-state index in [1.807, 2.05) is 30.3 Å². The van der Waals surface area contributed by atoms with Gasteiger partial charge in [0.25, 0.3) is 0 Å². The Morgan fingerprint density at radius 1 is 1.12 bits per heavy atom. The molecule has 3 heteroatoms. The van der Waals surface area contributed by atoms with Gasteiger partial charge in [0.2, 0.25) is 0 Å². The third kappa shape index (κ3) is 2.15. The Labute approximate surface area is 94.9 Å². The summed E-state index contributed by atoms with van der Waals surface area (Å²) in [5.74, 6) is 0.336. The second-order valence-corrected chi connectivity index (χ2v) is 3.75. The highest BCUT2D eigenvalue weighted by molar-refractivity contribution is 5.87. The lowest BCUT2D eigenvalue weighted by Gasteiger charge is -2.09. The van der Waals surface area contributed by atoms with Crippen molar-refractivity contribution in [1.29, 1.82) is 0 Å². The molecule has 4 N–H and O–H groups in total. The van der Waals surface area contributed by atoms with Crippen molar-refractivity contribution in [3.8, 4) is 5.75 Å². The molecule has 3 nitrogen and oxygen atoms in total. The number of nitrogens with two attached hydrogens (primary N) is 1. The number of phenols is 1. The van der Waals surface area contributed by atoms with E-state index in [4.69, 9.17) is 5.73 Å². The number of aromatic hydroxyl groups is 1. The lowest BCUT2D eigenvalue weighted by atomic mass is 10.0. The van der Waals surface area contributed by atoms with Crippen molar-refractivity contribution < 1.29 is 5.11 Å². The van der Waals surface area contributed by atoms with Crippen LogP contribution in [0.2, 0.25) is 0 Å². The molecule has 0 aliphatic heterocycles. The summed E-state index contributed by atoms with van der Waals surface area (Å²) < 4.78 is 0. The minimum absolute atomic E-state index is 0.336. The Kier molecular flexibility index (Phi) is 3.39. The zero-order valence-electron chi connectivity index (χ0n) is 9.11. The summed E-state index contributed by atoms with van der Waals surface area (Å²) in [4.78, 5) is 0. The van der Waals surface area contributed by atoms with E-state index in [1.165, 1.54) is 0 Å². The van der Waals surface area contributed by atoms with Crippen LogP contribution in [0.5, 0.6) is 5.75 Å². The fraction of sp³-hybridized carbons (Fsp3) is 0.231. The first-order valence-electron chi connectivity index (χ1n) is 5.43. The number of nitrogens with one attached hydrogen (secondary N) is 1. The van der Waals surface area contributed by atoms with Crippen molar-refractivity contribution >= 4 is 10.8 Å². The van der Waals surface area contributed by atoms with Crippen LogP contribution in [0.15, 0.2) is 36.4 Å². The summed E-state index contributed by atoms with van der Waals surface area (Å²) in [7, 11) is 0. The van der Waals surface area contributed by atoms with E-state index in [0.717, 1.165) is 22.9 Å². The van der Waals surface area contributed by atoms with E-state index in [2.05, 4.69) is 5.32 Å². The van der Waals surface area contributed by atoms with Crippen LogP contribution in [0, 0.1) is 0 Å². The minimum atomic E-state index is 0.336. The van der Waals surface area contributed by atoms with E-state index >= 15 is 0 Å². The van der Waals surface area contributed by atoms with Gasteiger partial charge in [-0.15, -0.1) is 0 Å². The number of hydrogen-bond donors (Lipinski definition) is 3. The number of fused-ring (bicyclic) bond motifs is 1. The molecule has 2 aromatic carbocycles. The van der Waals surface area contributed by atoms with Crippen LogP contribution >= 0.6 is 0 Å². The maximum absolute atomic E-state index is 9.84. The Bertz CT molecular complexity index is 482. The molecule has 0 aromatic heterocycles. The van der Waals surface area contributed by atoms with Gasteiger partial charge in [-0.2, -0.15) is 0 Å². The summed E-state index contributed by atoms with van der Waals surface area (Å²) >= 11 is 0. The molecular weight excluding hydrogens is 200 g/mol. The molecular formula is C13H16N2O. The Hall–Kier alpha value is -1.58. The lowest BCUT2D eigenvalue weighted by Crippen LogP contribution is -2.22. The Balaban J connectivity index is 2.37. The van der Waals surface area contributed by atoms with Crippen LogP contribution in [0.3, 0.4) is 0 Å². The first-order chi connectivity index (χ1) is 7.83. The average molecular weight is 216 g/mol. The SMILES string of the molecule is NCCNCc1c(O)ccc2ccccc12. The van der Waals surface area contributed by atoms with Gasteiger partial charge in [-0.25, -0.2) is 0 Å². The maximum atomic E-state index is 9.84. The second kappa shape index (κ2) is 4.96. The van der Waals surface area contributed by atoms with E-state index in [0.29, 0.717) is 18.8 Å². The fourth-order valence-corrected chi connectivity index (χ4v) is 1.83. The summed E-state index contributed by atoms with van der Waals surface area (Å²) in [5, 5.41) is 15.3. The van der Waals surface area contributed by atoms with E-state index < -0.39 is 0 Å². The Morgan fingerprint density at radius 3 is 2.75 bits per heavy atom. The molecule has 84 valence electrons. The molecule has 0 saturated carbocycles. The molecule has 0 aliphatic carbocycles. The van der Waals surface area contributed by atoms with Crippen molar-refractivity contribution in [2.45, 2.75) is 6.54 Å². The highest BCUT2D eigenvalue weighted by atomic mass is 16.3. The second-order valence-electron chi connectivity index (χ2n) is 3.75. The summed E-state index contributed by atoms with van der Waals surface area (Å²) in [6.07, 6.45) is 0. The van der Waals surface area contributed by atoms with Crippen LogP contribution in [0.1, 0.15) is 5.56 Å². The Morgan fingerprint density at radius 2 is 1.94 bits per heavy atom. The molecule has 2 aromatic rings. The highest BCUT2D eigenvalue weighted by Crippen LogP contribution is 2.26. The molecule has 0 heterocycles. The molecule has 0 fully saturated rings. The molecule has 0 spiro atoms. The number of phenolic OH excluding ortho intramolecular Hbond substituents is 1. The molecule has 2 rings (SSSR count). The van der Waals surface area contributed by atoms with Gasteiger partial charge in [-0.1, -0.05) is 30.3 Å². The molecule has 0 unspecified atom stereocenters. The number of benzene rings is 2. The fourth-order valence-electron chi connectivity index (χ4n) is 1.83. The smallest absolute Gasteiger partial charge is 0.120 e. The van der Waals surface area contributed by atoms with Gasteiger partial charge in [0.1, 0.15) is 5.75 Å². The van der Waals surface area contributed by atoms with Crippen LogP contribution in [0.25, 0.3) is 10.8 Å². The first-order valence-corrected chi connectivity index (χ1v) is 5.43. The standard InChI is InChI=1S/C13H16N2O/c14-7-8-15-9-12-11-4-2-1-3-10(11)5-6-13(12)16/h1-6,15-16H,7-9,14H2. The van der Waals surface area contributed by atoms with Gasteiger partial charge in [-0.05, 0) is 16.8 Å². The van der Waals surface area contributed by atoms with Crippen LogP contribution < -0.4 is 11.1 Å². The van der Waals surface area contributed by atoms with Gasteiger partial charge in [0.15, 0.2) is 0 Å². The third-order valence-electron chi connectivity index (χ3n) is 2.64. The zero-order chi connectivity index (χ0) is 11.4.